The van der Waals surface area contributed by atoms with Crippen LogP contribution in [0.3, 0.4) is 0 Å². The van der Waals surface area contributed by atoms with Crippen molar-refractivity contribution >= 4 is 0 Å². The van der Waals surface area contributed by atoms with E-state index < -0.39 is 0 Å². The van der Waals surface area contributed by atoms with Crippen molar-refractivity contribution in [1.29, 1.82) is 0 Å². The molecule has 1 radical (unpaired) electrons. The topological polar surface area (TPSA) is 19.9 Å². The second kappa shape index (κ2) is 14.3. The molecule has 0 spiro atoms. The first-order valence-electron chi connectivity index (χ1n) is 6.83. The molecule has 1 nitrogen and oxygen atoms in total. The fourth-order valence-corrected chi connectivity index (χ4v) is 1.69. The molecule has 0 saturated heterocycles. The van der Waals surface area contributed by atoms with Crippen LogP contribution in [0.5, 0.6) is 0 Å². The standard InChI is InChI=1S/C15H27O/c1-2-3-4-5-6-7-8-9-10-11-12-13-14-15-16/h7-8,14-15H,2-6,9-13H2,1H3/b8-7+,15-14+. The summed E-state index contributed by atoms with van der Waals surface area (Å²) >= 11 is 0. The fourth-order valence-electron chi connectivity index (χ4n) is 1.69. The van der Waals surface area contributed by atoms with E-state index in [-0.39, 0.29) is 0 Å². The Hall–Kier alpha value is -0.720. The van der Waals surface area contributed by atoms with Gasteiger partial charge < -0.3 is 0 Å². The highest BCUT2D eigenvalue weighted by Crippen LogP contribution is 2.06. The third-order valence-corrected chi connectivity index (χ3v) is 2.73. The lowest BCUT2D eigenvalue weighted by molar-refractivity contribution is 0.349. The van der Waals surface area contributed by atoms with Crippen LogP contribution in [-0.4, -0.2) is 0 Å². The fraction of sp³-hybridized carbons (Fsp3) is 0.733. The highest BCUT2D eigenvalue weighted by molar-refractivity contribution is 4.81. The summed E-state index contributed by atoms with van der Waals surface area (Å²) in [5.41, 5.74) is 0. The minimum absolute atomic E-state index is 0.899. The SMILES string of the molecule is CCCCCC/C=C/CCCCC/C=C/[O]. The van der Waals surface area contributed by atoms with E-state index in [0.717, 1.165) is 19.1 Å². The molecule has 0 unspecified atom stereocenters. The molecule has 0 saturated carbocycles. The zero-order valence-electron chi connectivity index (χ0n) is 10.8. The minimum Gasteiger partial charge on any atom is -0.299 e. The van der Waals surface area contributed by atoms with Crippen molar-refractivity contribution in [3.63, 3.8) is 0 Å². The Balaban J connectivity index is 3.03. The lowest BCUT2D eigenvalue weighted by Gasteiger charge is -1.96. The van der Waals surface area contributed by atoms with Gasteiger partial charge in [-0.1, -0.05) is 44.8 Å². The Morgan fingerprint density at radius 1 is 0.688 bits per heavy atom. The summed E-state index contributed by atoms with van der Waals surface area (Å²) in [6.45, 7) is 2.25. The lowest BCUT2D eigenvalue weighted by Crippen LogP contribution is -1.76. The van der Waals surface area contributed by atoms with Crippen LogP contribution in [0.4, 0.5) is 0 Å². The van der Waals surface area contributed by atoms with Crippen LogP contribution < -0.4 is 0 Å². The Kier molecular flexibility index (Phi) is 13.6. The molecule has 0 aromatic rings. The quantitative estimate of drug-likeness (QED) is 0.254. The monoisotopic (exact) mass is 223 g/mol. The second-order valence-corrected chi connectivity index (χ2v) is 4.33. The van der Waals surface area contributed by atoms with Crippen LogP contribution in [0.2, 0.25) is 0 Å². The summed E-state index contributed by atoms with van der Waals surface area (Å²) in [4.78, 5) is 0. The van der Waals surface area contributed by atoms with Crippen LogP contribution in [0.1, 0.15) is 71.1 Å². The van der Waals surface area contributed by atoms with Gasteiger partial charge in [-0.05, 0) is 44.6 Å². The van der Waals surface area contributed by atoms with E-state index in [2.05, 4.69) is 19.1 Å². The molecule has 0 aliphatic carbocycles. The molecule has 0 aliphatic heterocycles. The predicted octanol–water partition coefficient (Wildman–Crippen LogP) is 5.41. The Morgan fingerprint density at radius 2 is 1.19 bits per heavy atom. The third-order valence-electron chi connectivity index (χ3n) is 2.73. The van der Waals surface area contributed by atoms with E-state index in [4.69, 9.17) is 0 Å². The maximum atomic E-state index is 10.0. The zero-order chi connectivity index (χ0) is 11.9. The van der Waals surface area contributed by atoms with E-state index in [9.17, 15) is 5.11 Å². The summed E-state index contributed by atoms with van der Waals surface area (Å²) in [5, 5.41) is 10.0. The first-order chi connectivity index (χ1) is 7.91. The van der Waals surface area contributed by atoms with Crippen molar-refractivity contribution in [2.75, 3.05) is 0 Å². The van der Waals surface area contributed by atoms with Gasteiger partial charge in [-0.2, -0.15) is 0 Å². The average Bonchev–Trinajstić information content (AvgIpc) is 2.31. The second-order valence-electron chi connectivity index (χ2n) is 4.33. The smallest absolute Gasteiger partial charge is 0.138 e. The van der Waals surface area contributed by atoms with Gasteiger partial charge >= 0.3 is 0 Å². The summed E-state index contributed by atoms with van der Waals surface area (Å²) in [5.74, 6) is 0. The van der Waals surface area contributed by atoms with Crippen molar-refractivity contribution in [1.82, 2.24) is 0 Å². The molecule has 0 rings (SSSR count). The molecular formula is C15H27O. The number of hydrogen-bond donors (Lipinski definition) is 0. The van der Waals surface area contributed by atoms with Gasteiger partial charge in [0.05, 0.1) is 0 Å². The Labute approximate surface area is 101 Å². The number of hydrogen-bond acceptors (Lipinski definition) is 0. The van der Waals surface area contributed by atoms with Gasteiger partial charge in [-0.15, -0.1) is 0 Å². The van der Waals surface area contributed by atoms with Gasteiger partial charge in [-0.25, -0.2) is 0 Å². The van der Waals surface area contributed by atoms with Crippen molar-refractivity contribution in [3.8, 4) is 0 Å². The number of rotatable bonds is 11. The van der Waals surface area contributed by atoms with E-state index in [1.54, 1.807) is 6.08 Å². The summed E-state index contributed by atoms with van der Waals surface area (Å²) < 4.78 is 0. The van der Waals surface area contributed by atoms with Crippen LogP contribution in [0.25, 0.3) is 0 Å². The largest absolute Gasteiger partial charge is 0.299 e. The van der Waals surface area contributed by atoms with Crippen molar-refractivity contribution in [3.05, 3.63) is 24.5 Å². The maximum absolute atomic E-state index is 10.0. The maximum Gasteiger partial charge on any atom is 0.138 e. The molecule has 0 N–H and O–H groups in total. The number of allylic oxidation sites excluding steroid dienone is 3. The molecule has 93 valence electrons. The summed E-state index contributed by atoms with van der Waals surface area (Å²) in [6.07, 6.45) is 19.7. The first-order valence-corrected chi connectivity index (χ1v) is 6.83. The van der Waals surface area contributed by atoms with Crippen LogP contribution in [0.15, 0.2) is 24.5 Å². The molecule has 0 fully saturated rings. The highest BCUT2D eigenvalue weighted by atomic mass is 16.2. The van der Waals surface area contributed by atoms with E-state index in [1.165, 1.54) is 51.4 Å². The Morgan fingerprint density at radius 3 is 1.69 bits per heavy atom. The molecule has 16 heavy (non-hydrogen) atoms. The summed E-state index contributed by atoms with van der Waals surface area (Å²) in [6, 6.07) is 0. The van der Waals surface area contributed by atoms with Crippen LogP contribution in [-0.2, 0) is 5.11 Å². The van der Waals surface area contributed by atoms with Gasteiger partial charge in [0, 0.05) is 0 Å². The molecule has 0 bridgehead atoms. The van der Waals surface area contributed by atoms with E-state index in [0.29, 0.717) is 0 Å². The minimum atomic E-state index is 0.899. The van der Waals surface area contributed by atoms with Gasteiger partial charge in [-0.3, -0.25) is 5.11 Å². The predicted molar refractivity (Wildman–Crippen MR) is 70.8 cm³/mol. The highest BCUT2D eigenvalue weighted by Gasteiger charge is 1.87. The van der Waals surface area contributed by atoms with Crippen molar-refractivity contribution < 1.29 is 5.11 Å². The van der Waals surface area contributed by atoms with Gasteiger partial charge in [0.1, 0.15) is 6.26 Å². The van der Waals surface area contributed by atoms with Crippen LogP contribution >= 0.6 is 0 Å². The van der Waals surface area contributed by atoms with Crippen LogP contribution in [0, 0.1) is 0 Å². The molecule has 0 aliphatic rings. The van der Waals surface area contributed by atoms with Gasteiger partial charge in [0.2, 0.25) is 0 Å². The van der Waals surface area contributed by atoms with E-state index in [1.807, 2.05) is 0 Å². The third kappa shape index (κ3) is 13.3. The Bertz CT molecular complexity index is 170. The zero-order valence-corrected chi connectivity index (χ0v) is 10.8. The van der Waals surface area contributed by atoms with Gasteiger partial charge in [0.15, 0.2) is 0 Å². The molecule has 0 atom stereocenters. The molecule has 1 heteroatoms. The van der Waals surface area contributed by atoms with Crippen molar-refractivity contribution in [2.45, 2.75) is 71.1 Å². The average molecular weight is 223 g/mol. The normalized spacial score (nSPS) is 11.8. The molecule has 0 amide bonds. The number of unbranched alkanes of at least 4 members (excludes halogenated alkanes) is 8. The first kappa shape index (κ1) is 15.3. The molecule has 0 heterocycles. The molecular weight excluding hydrogens is 196 g/mol. The van der Waals surface area contributed by atoms with Gasteiger partial charge in [0.25, 0.3) is 0 Å². The van der Waals surface area contributed by atoms with E-state index >= 15 is 0 Å². The van der Waals surface area contributed by atoms with Crippen molar-refractivity contribution in [2.24, 2.45) is 0 Å². The summed E-state index contributed by atoms with van der Waals surface area (Å²) in [7, 11) is 0. The molecule has 0 aromatic heterocycles. The molecule has 0 aromatic carbocycles. The lowest BCUT2D eigenvalue weighted by atomic mass is 10.1.